The number of nitrogen functional groups attached to an aromatic ring is 1. The van der Waals surface area contributed by atoms with Gasteiger partial charge in [0.2, 0.25) is 10.9 Å². The third-order valence-corrected chi connectivity index (χ3v) is 4.14. The van der Waals surface area contributed by atoms with Gasteiger partial charge in [-0.1, -0.05) is 6.92 Å². The van der Waals surface area contributed by atoms with Crippen LogP contribution in [0.5, 0.6) is 5.75 Å². The molecule has 0 radical (unpaired) electrons. The van der Waals surface area contributed by atoms with Crippen LogP contribution in [0.4, 0.5) is 14.6 Å². The molecular weight excluding hydrogens is 328 g/mol. The third-order valence-electron chi connectivity index (χ3n) is 3.01. The second-order valence-corrected chi connectivity index (χ2v) is 5.99. The lowest BCUT2D eigenvalue weighted by Gasteiger charge is -2.10. The summed E-state index contributed by atoms with van der Waals surface area (Å²) in [6.07, 6.45) is 1.04. The standard InChI is InChI=1S/C14H13F2N3O3S/c1-3-23(21)14-18-6-7(13(17)19-14)12(20)10-9(22-2)5-4-8(15)11(10)16/h4-6H,3H2,1-2H3,(H2,17,18,19)/t23-/m1/s1. The van der Waals surface area contributed by atoms with Crippen LogP contribution in [-0.4, -0.2) is 32.8 Å². The quantitative estimate of drug-likeness (QED) is 0.657. The maximum absolute atomic E-state index is 14.0. The normalized spacial score (nSPS) is 12.0. The Labute approximate surface area is 133 Å². The van der Waals surface area contributed by atoms with E-state index in [1.54, 1.807) is 6.92 Å². The monoisotopic (exact) mass is 341 g/mol. The SMILES string of the molecule is CC[S@@](=O)c1ncc(C(=O)c2c(OC)ccc(F)c2F)c(N)n1. The summed E-state index contributed by atoms with van der Waals surface area (Å²) in [6, 6.07) is 1.97. The molecule has 0 unspecified atom stereocenters. The molecule has 0 aliphatic carbocycles. The van der Waals surface area contributed by atoms with Crippen LogP contribution in [0.2, 0.25) is 0 Å². The fourth-order valence-electron chi connectivity index (χ4n) is 1.84. The van der Waals surface area contributed by atoms with E-state index >= 15 is 0 Å². The van der Waals surface area contributed by atoms with Crippen LogP contribution in [0.25, 0.3) is 0 Å². The van der Waals surface area contributed by atoms with Gasteiger partial charge in [-0.15, -0.1) is 0 Å². The molecule has 0 bridgehead atoms. The van der Waals surface area contributed by atoms with Gasteiger partial charge in [0.15, 0.2) is 11.6 Å². The molecule has 23 heavy (non-hydrogen) atoms. The van der Waals surface area contributed by atoms with Crippen molar-refractivity contribution in [3.05, 3.63) is 41.1 Å². The predicted octanol–water partition coefficient (Wildman–Crippen LogP) is 1.70. The van der Waals surface area contributed by atoms with Crippen molar-refractivity contribution in [2.45, 2.75) is 12.1 Å². The Bertz CT molecular complexity index is 799. The Morgan fingerprint density at radius 1 is 1.39 bits per heavy atom. The number of aromatic nitrogens is 2. The number of methoxy groups -OCH3 is 1. The topological polar surface area (TPSA) is 95.2 Å². The second kappa shape index (κ2) is 6.78. The summed E-state index contributed by atoms with van der Waals surface area (Å²) < 4.78 is 43.9. The number of carbonyl (C=O) groups is 1. The number of hydrogen-bond acceptors (Lipinski definition) is 6. The number of benzene rings is 1. The fourth-order valence-corrected chi connectivity index (χ4v) is 2.47. The zero-order chi connectivity index (χ0) is 17.1. The van der Waals surface area contributed by atoms with Crippen molar-refractivity contribution in [1.82, 2.24) is 9.97 Å². The van der Waals surface area contributed by atoms with Crippen molar-refractivity contribution in [1.29, 1.82) is 0 Å². The maximum atomic E-state index is 14.0. The summed E-state index contributed by atoms with van der Waals surface area (Å²) >= 11 is 0. The van der Waals surface area contributed by atoms with Gasteiger partial charge in [0.05, 0.1) is 23.5 Å². The van der Waals surface area contributed by atoms with Gasteiger partial charge in [0.25, 0.3) is 0 Å². The van der Waals surface area contributed by atoms with Gasteiger partial charge in [-0.3, -0.25) is 9.00 Å². The average Bonchev–Trinajstić information content (AvgIpc) is 2.55. The highest BCUT2D eigenvalue weighted by Gasteiger charge is 2.25. The van der Waals surface area contributed by atoms with Crippen molar-refractivity contribution in [2.75, 3.05) is 18.6 Å². The zero-order valence-corrected chi connectivity index (χ0v) is 13.1. The minimum Gasteiger partial charge on any atom is -0.496 e. The number of nitrogens with two attached hydrogens (primary N) is 1. The molecule has 1 atom stereocenters. The van der Waals surface area contributed by atoms with Crippen LogP contribution >= 0.6 is 0 Å². The molecule has 0 saturated carbocycles. The molecule has 0 aliphatic rings. The van der Waals surface area contributed by atoms with Crippen molar-refractivity contribution in [3.63, 3.8) is 0 Å². The Balaban J connectivity index is 2.54. The van der Waals surface area contributed by atoms with Gasteiger partial charge in [-0.05, 0) is 12.1 Å². The summed E-state index contributed by atoms with van der Waals surface area (Å²) in [5.74, 6) is -3.61. The van der Waals surface area contributed by atoms with Gasteiger partial charge in [-0.25, -0.2) is 18.7 Å². The first kappa shape index (κ1) is 16.9. The molecule has 2 rings (SSSR count). The van der Waals surface area contributed by atoms with Gasteiger partial charge in [0.1, 0.15) is 17.1 Å². The van der Waals surface area contributed by atoms with E-state index in [-0.39, 0.29) is 28.0 Å². The molecule has 0 fully saturated rings. The van der Waals surface area contributed by atoms with Gasteiger partial charge in [0, 0.05) is 11.9 Å². The number of carbonyl (C=O) groups excluding carboxylic acids is 1. The maximum Gasteiger partial charge on any atom is 0.220 e. The third kappa shape index (κ3) is 3.19. The van der Waals surface area contributed by atoms with Crippen LogP contribution in [0.3, 0.4) is 0 Å². The molecule has 0 spiro atoms. The molecule has 1 aromatic heterocycles. The van der Waals surface area contributed by atoms with Crippen molar-refractivity contribution >= 4 is 22.4 Å². The number of rotatable bonds is 5. The summed E-state index contributed by atoms with van der Waals surface area (Å²) in [5.41, 5.74) is 4.83. The highest BCUT2D eigenvalue weighted by Crippen LogP contribution is 2.27. The largest absolute Gasteiger partial charge is 0.496 e. The van der Waals surface area contributed by atoms with Crippen LogP contribution in [0, 0.1) is 11.6 Å². The van der Waals surface area contributed by atoms with E-state index in [0.717, 1.165) is 18.3 Å². The summed E-state index contributed by atoms with van der Waals surface area (Å²) in [6.45, 7) is 1.67. The van der Waals surface area contributed by atoms with E-state index in [1.165, 1.54) is 7.11 Å². The van der Waals surface area contributed by atoms with E-state index in [0.29, 0.717) is 0 Å². The predicted molar refractivity (Wildman–Crippen MR) is 79.7 cm³/mol. The number of nitrogens with zero attached hydrogens (tertiary/aromatic N) is 2. The Morgan fingerprint density at radius 3 is 2.65 bits per heavy atom. The molecule has 0 aliphatic heterocycles. The lowest BCUT2D eigenvalue weighted by atomic mass is 10.0. The van der Waals surface area contributed by atoms with Gasteiger partial charge < -0.3 is 10.5 Å². The first-order valence-electron chi connectivity index (χ1n) is 6.48. The van der Waals surface area contributed by atoms with Gasteiger partial charge in [-0.2, -0.15) is 0 Å². The molecule has 2 aromatic rings. The van der Waals surface area contributed by atoms with E-state index in [1.807, 2.05) is 0 Å². The minimum atomic E-state index is -1.45. The lowest BCUT2D eigenvalue weighted by molar-refractivity contribution is 0.103. The fraction of sp³-hybridized carbons (Fsp3) is 0.214. The smallest absolute Gasteiger partial charge is 0.220 e. The van der Waals surface area contributed by atoms with Gasteiger partial charge >= 0.3 is 0 Å². The number of ether oxygens (including phenoxy) is 1. The molecule has 0 amide bonds. The Morgan fingerprint density at radius 2 is 2.09 bits per heavy atom. The zero-order valence-electron chi connectivity index (χ0n) is 12.3. The van der Waals surface area contributed by atoms with Crippen molar-refractivity contribution in [3.8, 4) is 5.75 Å². The molecule has 9 heteroatoms. The van der Waals surface area contributed by atoms with E-state index < -0.39 is 33.8 Å². The highest BCUT2D eigenvalue weighted by molar-refractivity contribution is 7.84. The number of ketones is 1. The van der Waals surface area contributed by atoms with Crippen LogP contribution in [0.1, 0.15) is 22.8 Å². The van der Waals surface area contributed by atoms with E-state index in [4.69, 9.17) is 10.5 Å². The number of halogens is 2. The lowest BCUT2D eigenvalue weighted by Crippen LogP contribution is -2.14. The Hall–Kier alpha value is -2.42. The summed E-state index contributed by atoms with van der Waals surface area (Å²) in [5, 5.41) is -0.0340. The molecule has 6 nitrogen and oxygen atoms in total. The summed E-state index contributed by atoms with van der Waals surface area (Å²) in [7, 11) is -0.234. The molecule has 0 saturated heterocycles. The Kier molecular flexibility index (Phi) is 4.99. The average molecular weight is 341 g/mol. The number of hydrogen-bond donors (Lipinski definition) is 1. The first-order valence-corrected chi connectivity index (χ1v) is 7.80. The molecule has 2 N–H and O–H groups in total. The first-order chi connectivity index (χ1) is 10.9. The van der Waals surface area contributed by atoms with Crippen LogP contribution < -0.4 is 10.5 Å². The minimum absolute atomic E-state index is 0.0340. The summed E-state index contributed by atoms with van der Waals surface area (Å²) in [4.78, 5) is 20.0. The van der Waals surface area contributed by atoms with Crippen LogP contribution in [-0.2, 0) is 10.8 Å². The molecule has 1 aromatic carbocycles. The number of anilines is 1. The van der Waals surface area contributed by atoms with E-state index in [9.17, 15) is 17.8 Å². The molecule has 122 valence electrons. The second-order valence-electron chi connectivity index (χ2n) is 4.35. The molecular formula is C14H13F2N3O3S. The highest BCUT2D eigenvalue weighted by atomic mass is 32.2. The van der Waals surface area contributed by atoms with Crippen molar-refractivity contribution < 1.29 is 22.5 Å². The molecule has 1 heterocycles. The van der Waals surface area contributed by atoms with Crippen molar-refractivity contribution in [2.24, 2.45) is 0 Å². The van der Waals surface area contributed by atoms with Crippen LogP contribution in [0.15, 0.2) is 23.5 Å². The van der Waals surface area contributed by atoms with E-state index in [2.05, 4.69) is 9.97 Å².